The zero-order chi connectivity index (χ0) is 17.5. The summed E-state index contributed by atoms with van der Waals surface area (Å²) >= 11 is 0. The first-order valence-corrected chi connectivity index (χ1v) is 11.5. The molecule has 25 heavy (non-hydrogen) atoms. The average Bonchev–Trinajstić information content (AvgIpc) is 2.66. The highest BCUT2D eigenvalue weighted by molar-refractivity contribution is 5.91. The van der Waals surface area contributed by atoms with Gasteiger partial charge in [0.05, 0.1) is 0 Å². The maximum Gasteiger partial charge on any atom is 0.155 e. The standard InChI is InChI=1S/C24H40O/c1-2-3-4-5-7-19-10-12-20(13-11-19)21-14-16-22(17-15-21)23-8-6-9-24(25)18-23/h18-22H,2-17H2,1H3. The van der Waals surface area contributed by atoms with Gasteiger partial charge >= 0.3 is 0 Å². The fourth-order valence-electron chi connectivity index (χ4n) is 5.91. The third-order valence-corrected chi connectivity index (χ3v) is 7.56. The molecule has 0 amide bonds. The number of hydrogen-bond acceptors (Lipinski definition) is 1. The Labute approximate surface area is 156 Å². The molecular weight excluding hydrogens is 304 g/mol. The Bertz CT molecular complexity index is 433. The zero-order valence-electron chi connectivity index (χ0n) is 16.6. The molecule has 142 valence electrons. The van der Waals surface area contributed by atoms with Gasteiger partial charge in [-0.3, -0.25) is 4.79 Å². The zero-order valence-corrected chi connectivity index (χ0v) is 16.6. The summed E-state index contributed by atoms with van der Waals surface area (Å²) in [5.74, 6) is 4.20. The van der Waals surface area contributed by atoms with Crippen molar-refractivity contribution in [2.24, 2.45) is 23.7 Å². The Kier molecular flexibility index (Phi) is 7.62. The van der Waals surface area contributed by atoms with Crippen molar-refractivity contribution in [3.8, 4) is 0 Å². The van der Waals surface area contributed by atoms with Gasteiger partial charge in [-0.25, -0.2) is 0 Å². The van der Waals surface area contributed by atoms with Gasteiger partial charge in [-0.1, -0.05) is 57.4 Å². The first-order chi connectivity index (χ1) is 12.3. The minimum absolute atomic E-state index is 0.389. The fraction of sp³-hybridized carbons (Fsp3) is 0.875. The summed E-state index contributed by atoms with van der Waals surface area (Å²) in [5, 5.41) is 0. The van der Waals surface area contributed by atoms with Crippen LogP contribution in [0.15, 0.2) is 11.6 Å². The Balaban J connectivity index is 1.36. The molecule has 0 atom stereocenters. The van der Waals surface area contributed by atoms with Gasteiger partial charge in [0.2, 0.25) is 0 Å². The minimum Gasteiger partial charge on any atom is -0.295 e. The molecule has 0 spiro atoms. The Hall–Kier alpha value is -0.590. The lowest BCUT2D eigenvalue weighted by Crippen LogP contribution is -2.26. The average molecular weight is 345 g/mol. The minimum atomic E-state index is 0.389. The Morgan fingerprint density at radius 2 is 1.52 bits per heavy atom. The predicted octanol–water partition coefficient (Wildman–Crippen LogP) is 7.25. The quantitative estimate of drug-likeness (QED) is 0.444. The van der Waals surface area contributed by atoms with Crippen LogP contribution in [0.3, 0.4) is 0 Å². The van der Waals surface area contributed by atoms with Crippen LogP contribution in [-0.2, 0) is 4.79 Å². The Morgan fingerprint density at radius 1 is 0.840 bits per heavy atom. The van der Waals surface area contributed by atoms with E-state index in [1.54, 1.807) is 0 Å². The van der Waals surface area contributed by atoms with Crippen LogP contribution in [0.1, 0.15) is 110 Å². The van der Waals surface area contributed by atoms with E-state index in [2.05, 4.69) is 6.92 Å². The molecule has 1 nitrogen and oxygen atoms in total. The van der Waals surface area contributed by atoms with E-state index >= 15 is 0 Å². The van der Waals surface area contributed by atoms with Crippen molar-refractivity contribution < 1.29 is 4.79 Å². The molecule has 0 saturated heterocycles. The van der Waals surface area contributed by atoms with Crippen molar-refractivity contribution in [2.45, 2.75) is 110 Å². The van der Waals surface area contributed by atoms with E-state index < -0.39 is 0 Å². The molecule has 1 heteroatoms. The lowest BCUT2D eigenvalue weighted by Gasteiger charge is -2.38. The first kappa shape index (κ1) is 19.2. The molecule has 2 fully saturated rings. The van der Waals surface area contributed by atoms with Crippen molar-refractivity contribution in [1.29, 1.82) is 0 Å². The lowest BCUT2D eigenvalue weighted by molar-refractivity contribution is -0.115. The molecule has 0 aromatic rings. The van der Waals surface area contributed by atoms with Crippen molar-refractivity contribution in [3.05, 3.63) is 11.6 Å². The van der Waals surface area contributed by atoms with Crippen molar-refractivity contribution in [3.63, 3.8) is 0 Å². The van der Waals surface area contributed by atoms with Gasteiger partial charge in [-0.15, -0.1) is 0 Å². The van der Waals surface area contributed by atoms with Crippen molar-refractivity contribution in [2.75, 3.05) is 0 Å². The van der Waals surface area contributed by atoms with Crippen LogP contribution in [0.2, 0.25) is 0 Å². The topological polar surface area (TPSA) is 17.1 Å². The van der Waals surface area contributed by atoms with Gasteiger partial charge in [0.15, 0.2) is 5.78 Å². The second-order valence-electron chi connectivity index (χ2n) is 9.28. The van der Waals surface area contributed by atoms with E-state index in [-0.39, 0.29) is 0 Å². The normalized spacial score (nSPS) is 34.0. The highest BCUT2D eigenvalue weighted by Crippen LogP contribution is 2.44. The highest BCUT2D eigenvalue weighted by Gasteiger charge is 2.32. The van der Waals surface area contributed by atoms with E-state index in [1.807, 2.05) is 6.08 Å². The van der Waals surface area contributed by atoms with E-state index in [4.69, 9.17) is 0 Å². The number of unbranched alkanes of at least 4 members (excludes halogenated alkanes) is 3. The second-order valence-corrected chi connectivity index (χ2v) is 9.28. The summed E-state index contributed by atoms with van der Waals surface area (Å²) in [6.45, 7) is 2.31. The van der Waals surface area contributed by atoms with Gasteiger partial charge in [0, 0.05) is 6.42 Å². The number of carbonyl (C=O) groups excluding carboxylic acids is 1. The van der Waals surface area contributed by atoms with E-state index in [1.165, 1.54) is 95.5 Å². The summed E-state index contributed by atoms with van der Waals surface area (Å²) < 4.78 is 0. The molecule has 0 aromatic heterocycles. The molecule has 0 bridgehead atoms. The summed E-state index contributed by atoms with van der Waals surface area (Å²) in [4.78, 5) is 11.7. The molecule has 3 rings (SSSR count). The van der Waals surface area contributed by atoms with Gasteiger partial charge in [-0.05, 0) is 81.1 Å². The van der Waals surface area contributed by atoms with Crippen LogP contribution in [0.4, 0.5) is 0 Å². The van der Waals surface area contributed by atoms with E-state index in [9.17, 15) is 4.79 Å². The molecule has 3 aliphatic rings. The van der Waals surface area contributed by atoms with Crippen LogP contribution in [0.25, 0.3) is 0 Å². The van der Waals surface area contributed by atoms with Crippen LogP contribution in [0.5, 0.6) is 0 Å². The third kappa shape index (κ3) is 5.69. The molecular formula is C24H40O. The van der Waals surface area contributed by atoms with Crippen LogP contribution < -0.4 is 0 Å². The van der Waals surface area contributed by atoms with Gasteiger partial charge in [-0.2, -0.15) is 0 Å². The molecule has 0 unspecified atom stereocenters. The first-order valence-electron chi connectivity index (χ1n) is 11.5. The van der Waals surface area contributed by atoms with Crippen LogP contribution in [-0.4, -0.2) is 5.78 Å². The lowest BCUT2D eigenvalue weighted by atomic mass is 9.67. The summed E-state index contributed by atoms with van der Waals surface area (Å²) in [6, 6.07) is 0. The molecule has 0 N–H and O–H groups in total. The Morgan fingerprint density at radius 3 is 2.16 bits per heavy atom. The van der Waals surface area contributed by atoms with E-state index in [0.717, 1.165) is 36.5 Å². The van der Waals surface area contributed by atoms with Gasteiger partial charge in [0.25, 0.3) is 0 Å². The number of carbonyl (C=O) groups is 1. The second kappa shape index (κ2) is 9.93. The summed E-state index contributed by atoms with van der Waals surface area (Å²) in [5.41, 5.74) is 1.51. The van der Waals surface area contributed by atoms with Crippen molar-refractivity contribution in [1.82, 2.24) is 0 Å². The largest absolute Gasteiger partial charge is 0.295 e. The van der Waals surface area contributed by atoms with Crippen LogP contribution >= 0.6 is 0 Å². The van der Waals surface area contributed by atoms with Crippen molar-refractivity contribution >= 4 is 5.78 Å². The molecule has 0 heterocycles. The highest BCUT2D eigenvalue weighted by atomic mass is 16.1. The number of ketones is 1. The fourth-order valence-corrected chi connectivity index (χ4v) is 5.91. The SMILES string of the molecule is CCCCCCC1CCC(C2CCC(C3=CC(=O)CCC3)CC2)CC1. The number of allylic oxidation sites excluding steroid dienone is 2. The number of hydrogen-bond donors (Lipinski definition) is 0. The molecule has 3 aliphatic carbocycles. The van der Waals surface area contributed by atoms with E-state index in [0.29, 0.717) is 5.78 Å². The monoisotopic (exact) mass is 344 g/mol. The number of rotatable bonds is 7. The molecule has 0 aromatic carbocycles. The van der Waals surface area contributed by atoms with Gasteiger partial charge < -0.3 is 0 Å². The third-order valence-electron chi connectivity index (χ3n) is 7.56. The molecule has 0 radical (unpaired) electrons. The smallest absolute Gasteiger partial charge is 0.155 e. The maximum absolute atomic E-state index is 11.7. The molecule has 0 aliphatic heterocycles. The molecule has 2 saturated carbocycles. The van der Waals surface area contributed by atoms with Gasteiger partial charge in [0.1, 0.15) is 0 Å². The van der Waals surface area contributed by atoms with Crippen LogP contribution in [0, 0.1) is 23.7 Å². The summed E-state index contributed by atoms with van der Waals surface area (Å²) in [6.07, 6.45) is 24.0. The predicted molar refractivity (Wildman–Crippen MR) is 107 cm³/mol. The maximum atomic E-state index is 11.7. The summed E-state index contributed by atoms with van der Waals surface area (Å²) in [7, 11) is 0.